The number of benzene rings is 2. The van der Waals surface area contributed by atoms with Crippen LogP contribution in [0.1, 0.15) is 5.56 Å². The van der Waals surface area contributed by atoms with Gasteiger partial charge in [0.1, 0.15) is 23.0 Å². The number of allylic oxidation sites excluding steroid dienone is 1. The van der Waals surface area contributed by atoms with Crippen molar-refractivity contribution >= 4 is 39.4 Å². The maximum Gasteiger partial charge on any atom is 0.265 e. The number of para-hydroxylation sites is 2. The summed E-state index contributed by atoms with van der Waals surface area (Å²) < 4.78 is 8.32. The minimum Gasteiger partial charge on any atom is -0.497 e. The van der Waals surface area contributed by atoms with Gasteiger partial charge in [-0.05, 0) is 29.8 Å². The average molecular weight is 410 g/mol. The Labute approximate surface area is 176 Å². The van der Waals surface area contributed by atoms with E-state index in [0.717, 1.165) is 11.3 Å². The third-order valence-electron chi connectivity index (χ3n) is 4.95. The summed E-state index contributed by atoms with van der Waals surface area (Å²) in [7, 11) is 1.61. The van der Waals surface area contributed by atoms with Crippen molar-refractivity contribution in [2.75, 3.05) is 7.11 Å². The summed E-state index contributed by atoms with van der Waals surface area (Å²) in [6.07, 6.45) is 4.81. The predicted octanol–water partition coefficient (Wildman–Crippen LogP) is 3.37. The summed E-state index contributed by atoms with van der Waals surface area (Å²) in [6.45, 7) is 4.06. The highest BCUT2D eigenvalue weighted by molar-refractivity contribution is 6.04. The lowest BCUT2D eigenvalue weighted by Crippen LogP contribution is -2.19. The molecule has 0 aliphatic carbocycles. The summed E-state index contributed by atoms with van der Waals surface area (Å²) in [5, 5.41) is 4.97. The van der Waals surface area contributed by atoms with Gasteiger partial charge in [-0.15, -0.1) is 6.58 Å². The Hall–Kier alpha value is -4.33. The molecule has 3 heterocycles. The van der Waals surface area contributed by atoms with Crippen LogP contribution in [0.5, 0.6) is 5.75 Å². The Morgan fingerprint density at radius 3 is 2.68 bits per heavy atom. The fraction of sp³-hybridized carbons (Fsp3) is 0.0870. The van der Waals surface area contributed by atoms with Crippen molar-refractivity contribution in [3.63, 3.8) is 0 Å². The minimum absolute atomic E-state index is 0.213. The standard InChI is InChI=1S/C23H18N6O2/c1-3-11-28-14-24-21-19(23(28)30)20-22(27-18-10-5-4-9-17(18)26-20)29(21)25-13-15-7-6-8-16(12-15)31-2/h3-10,12-14H,1,11H2,2H3/b25-13-. The van der Waals surface area contributed by atoms with Crippen LogP contribution in [0.4, 0.5) is 0 Å². The lowest BCUT2D eigenvalue weighted by atomic mass is 10.2. The van der Waals surface area contributed by atoms with E-state index in [-0.39, 0.29) is 5.56 Å². The van der Waals surface area contributed by atoms with Crippen LogP contribution in [0.3, 0.4) is 0 Å². The summed E-state index contributed by atoms with van der Waals surface area (Å²) >= 11 is 0. The minimum atomic E-state index is -0.213. The molecule has 0 spiro atoms. The highest BCUT2D eigenvalue weighted by Crippen LogP contribution is 2.25. The number of ether oxygens (including phenoxy) is 1. The highest BCUT2D eigenvalue weighted by Gasteiger charge is 2.19. The summed E-state index contributed by atoms with van der Waals surface area (Å²) in [5.41, 5.74) is 3.36. The molecule has 2 aromatic carbocycles. The van der Waals surface area contributed by atoms with Crippen molar-refractivity contribution < 1.29 is 4.74 Å². The first-order chi connectivity index (χ1) is 15.2. The molecule has 0 N–H and O–H groups in total. The van der Waals surface area contributed by atoms with Gasteiger partial charge >= 0.3 is 0 Å². The van der Waals surface area contributed by atoms with Gasteiger partial charge in [0, 0.05) is 6.54 Å². The van der Waals surface area contributed by atoms with E-state index in [0.29, 0.717) is 39.8 Å². The molecule has 5 rings (SSSR count). The molecule has 0 fully saturated rings. The first-order valence-electron chi connectivity index (χ1n) is 9.65. The van der Waals surface area contributed by atoms with Gasteiger partial charge in [0.25, 0.3) is 5.56 Å². The van der Waals surface area contributed by atoms with E-state index in [2.05, 4.69) is 16.7 Å². The molecular formula is C23H18N6O2. The molecule has 0 unspecified atom stereocenters. The zero-order valence-corrected chi connectivity index (χ0v) is 16.8. The SMILES string of the molecule is C=CCn1cnc2c(c1=O)c1nc3ccccc3nc1n2/N=C\c1cccc(OC)c1. The van der Waals surface area contributed by atoms with Crippen LogP contribution in [0.2, 0.25) is 0 Å². The van der Waals surface area contributed by atoms with Crippen LogP contribution in [0.15, 0.2) is 77.4 Å². The third-order valence-corrected chi connectivity index (χ3v) is 4.95. The van der Waals surface area contributed by atoms with E-state index in [4.69, 9.17) is 14.7 Å². The summed E-state index contributed by atoms with van der Waals surface area (Å²) in [4.78, 5) is 27.1. The topological polar surface area (TPSA) is 87.2 Å². The third kappa shape index (κ3) is 3.14. The molecular weight excluding hydrogens is 392 g/mol. The van der Waals surface area contributed by atoms with Crippen LogP contribution in [0.25, 0.3) is 33.2 Å². The van der Waals surface area contributed by atoms with Crippen molar-refractivity contribution in [1.82, 2.24) is 24.2 Å². The highest BCUT2D eigenvalue weighted by atomic mass is 16.5. The van der Waals surface area contributed by atoms with Gasteiger partial charge in [0.15, 0.2) is 11.3 Å². The number of hydrogen-bond acceptors (Lipinski definition) is 6. The molecule has 0 aliphatic rings. The van der Waals surface area contributed by atoms with Gasteiger partial charge < -0.3 is 4.74 Å². The van der Waals surface area contributed by atoms with Crippen molar-refractivity contribution in [3.8, 4) is 5.75 Å². The summed E-state index contributed by atoms with van der Waals surface area (Å²) in [5.74, 6) is 0.724. The van der Waals surface area contributed by atoms with Crippen molar-refractivity contribution in [2.45, 2.75) is 6.54 Å². The van der Waals surface area contributed by atoms with Gasteiger partial charge in [-0.25, -0.2) is 15.0 Å². The van der Waals surface area contributed by atoms with Crippen molar-refractivity contribution in [1.29, 1.82) is 0 Å². The molecule has 31 heavy (non-hydrogen) atoms. The van der Waals surface area contributed by atoms with Gasteiger partial charge in [-0.1, -0.05) is 30.3 Å². The number of rotatable bonds is 5. The molecule has 0 saturated carbocycles. The molecule has 0 radical (unpaired) electrons. The quantitative estimate of drug-likeness (QED) is 0.327. The van der Waals surface area contributed by atoms with E-state index in [1.807, 2.05) is 48.5 Å². The molecule has 5 aromatic rings. The summed E-state index contributed by atoms with van der Waals surface area (Å²) in [6, 6.07) is 15.0. The smallest absolute Gasteiger partial charge is 0.265 e. The zero-order chi connectivity index (χ0) is 21.4. The number of fused-ring (bicyclic) bond motifs is 4. The molecule has 152 valence electrons. The number of nitrogens with zero attached hydrogens (tertiary/aromatic N) is 6. The maximum absolute atomic E-state index is 13.2. The lowest BCUT2D eigenvalue weighted by Gasteiger charge is -2.02. The largest absolute Gasteiger partial charge is 0.497 e. The Bertz CT molecular complexity index is 1550. The van der Waals surface area contributed by atoms with Crippen molar-refractivity contribution in [3.05, 3.63) is 83.4 Å². The van der Waals surface area contributed by atoms with E-state index in [9.17, 15) is 4.79 Å². The van der Waals surface area contributed by atoms with Crippen LogP contribution < -0.4 is 10.3 Å². The maximum atomic E-state index is 13.2. The van der Waals surface area contributed by atoms with E-state index < -0.39 is 0 Å². The van der Waals surface area contributed by atoms with Gasteiger partial charge in [0.2, 0.25) is 0 Å². The molecule has 8 heteroatoms. The average Bonchev–Trinajstić information content (AvgIpc) is 3.11. The Kier molecular flexibility index (Phi) is 4.51. The molecule has 3 aromatic heterocycles. The van der Waals surface area contributed by atoms with E-state index >= 15 is 0 Å². The number of methoxy groups -OCH3 is 1. The molecule has 0 saturated heterocycles. The molecule has 0 atom stereocenters. The Morgan fingerprint density at radius 2 is 1.90 bits per heavy atom. The van der Waals surface area contributed by atoms with Gasteiger partial charge in [-0.3, -0.25) is 9.36 Å². The lowest BCUT2D eigenvalue weighted by molar-refractivity contribution is 0.415. The van der Waals surface area contributed by atoms with E-state index in [1.54, 1.807) is 24.1 Å². The normalized spacial score (nSPS) is 11.6. The zero-order valence-electron chi connectivity index (χ0n) is 16.8. The molecule has 8 nitrogen and oxygen atoms in total. The molecule has 0 amide bonds. The van der Waals surface area contributed by atoms with Crippen LogP contribution in [-0.2, 0) is 6.54 Å². The first-order valence-corrected chi connectivity index (χ1v) is 9.65. The fourth-order valence-corrected chi connectivity index (χ4v) is 3.48. The predicted molar refractivity (Wildman–Crippen MR) is 121 cm³/mol. The Morgan fingerprint density at radius 1 is 1.10 bits per heavy atom. The van der Waals surface area contributed by atoms with Crippen LogP contribution in [0, 0.1) is 0 Å². The second kappa shape index (κ2) is 7.49. The number of hydrogen-bond donors (Lipinski definition) is 0. The fourth-order valence-electron chi connectivity index (χ4n) is 3.48. The molecule has 0 aliphatic heterocycles. The second-order valence-electron chi connectivity index (χ2n) is 6.91. The van der Waals surface area contributed by atoms with Gasteiger partial charge in [0.05, 0.1) is 24.4 Å². The van der Waals surface area contributed by atoms with Gasteiger partial charge in [-0.2, -0.15) is 9.78 Å². The monoisotopic (exact) mass is 410 g/mol. The first kappa shape index (κ1) is 18.7. The number of aromatic nitrogens is 5. The van der Waals surface area contributed by atoms with E-state index in [1.165, 1.54) is 10.9 Å². The van der Waals surface area contributed by atoms with Crippen molar-refractivity contribution in [2.24, 2.45) is 5.10 Å². The van der Waals surface area contributed by atoms with Crippen LogP contribution >= 0.6 is 0 Å². The Balaban J connectivity index is 1.82. The van der Waals surface area contributed by atoms with Crippen LogP contribution in [-0.4, -0.2) is 37.5 Å². The molecule has 0 bridgehead atoms. The second-order valence-corrected chi connectivity index (χ2v) is 6.91.